The molecule has 0 aliphatic heterocycles. The van der Waals surface area contributed by atoms with Gasteiger partial charge in [0.25, 0.3) is 5.91 Å². The first-order valence-corrected chi connectivity index (χ1v) is 8.25. The van der Waals surface area contributed by atoms with Gasteiger partial charge in [-0.05, 0) is 44.0 Å². The summed E-state index contributed by atoms with van der Waals surface area (Å²) in [5, 5.41) is 2.51. The molecule has 5 nitrogen and oxygen atoms in total. The Morgan fingerprint density at radius 3 is 2.12 bits per heavy atom. The number of nitrogens with one attached hydrogen (secondary N) is 1. The molecule has 2 aromatic carbocycles. The van der Waals surface area contributed by atoms with Gasteiger partial charge in [0.05, 0.1) is 6.10 Å². The van der Waals surface area contributed by atoms with Crippen molar-refractivity contribution in [2.24, 2.45) is 0 Å². The van der Waals surface area contributed by atoms with E-state index in [-0.39, 0.29) is 18.6 Å². The fourth-order valence-electron chi connectivity index (χ4n) is 2.22. The van der Waals surface area contributed by atoms with Crippen molar-refractivity contribution in [3.8, 4) is 16.9 Å². The van der Waals surface area contributed by atoms with E-state index in [4.69, 9.17) is 9.47 Å². The van der Waals surface area contributed by atoms with E-state index in [0.717, 1.165) is 11.1 Å². The Balaban J connectivity index is 1.86. The number of carbonyl (C=O) groups excluding carboxylic acids is 2. The van der Waals surface area contributed by atoms with Crippen LogP contribution in [-0.4, -0.2) is 30.6 Å². The molecule has 1 N–H and O–H groups in total. The summed E-state index contributed by atoms with van der Waals surface area (Å²) >= 11 is 0. The fourth-order valence-corrected chi connectivity index (χ4v) is 2.22. The highest BCUT2D eigenvalue weighted by atomic mass is 16.5. The van der Waals surface area contributed by atoms with E-state index in [1.165, 1.54) is 0 Å². The largest absolute Gasteiger partial charge is 0.481 e. The van der Waals surface area contributed by atoms with Crippen molar-refractivity contribution >= 4 is 11.9 Å². The molecule has 0 saturated heterocycles. The van der Waals surface area contributed by atoms with Gasteiger partial charge in [0.1, 0.15) is 12.3 Å². The molecule has 0 bridgehead atoms. The van der Waals surface area contributed by atoms with Gasteiger partial charge in [0.2, 0.25) is 0 Å². The Morgan fingerprint density at radius 1 is 0.920 bits per heavy atom. The van der Waals surface area contributed by atoms with Gasteiger partial charge < -0.3 is 14.8 Å². The molecule has 1 unspecified atom stereocenters. The summed E-state index contributed by atoms with van der Waals surface area (Å²) in [5.74, 6) is -0.248. The first-order chi connectivity index (χ1) is 12.0. The highest BCUT2D eigenvalue weighted by Crippen LogP contribution is 2.22. The van der Waals surface area contributed by atoms with Gasteiger partial charge in [-0.2, -0.15) is 0 Å². The number of esters is 1. The maximum atomic E-state index is 12.0. The van der Waals surface area contributed by atoms with E-state index in [1.54, 1.807) is 20.8 Å². The average molecular weight is 341 g/mol. The molecule has 0 saturated carbocycles. The van der Waals surface area contributed by atoms with Crippen molar-refractivity contribution in [1.82, 2.24) is 5.32 Å². The summed E-state index contributed by atoms with van der Waals surface area (Å²) in [6.07, 6.45) is -0.921. The van der Waals surface area contributed by atoms with E-state index >= 15 is 0 Å². The number of amides is 1. The molecule has 0 aromatic heterocycles. The Hall–Kier alpha value is -2.82. The lowest BCUT2D eigenvalue weighted by Crippen LogP contribution is -2.39. The summed E-state index contributed by atoms with van der Waals surface area (Å²) in [6.45, 7) is 4.97. The second-order valence-electron chi connectivity index (χ2n) is 5.91. The van der Waals surface area contributed by atoms with Gasteiger partial charge in [-0.1, -0.05) is 42.5 Å². The molecule has 25 heavy (non-hydrogen) atoms. The molecule has 2 rings (SSSR count). The summed E-state index contributed by atoms with van der Waals surface area (Å²) in [6, 6.07) is 17.5. The van der Waals surface area contributed by atoms with Crippen molar-refractivity contribution in [2.75, 3.05) is 6.54 Å². The lowest BCUT2D eigenvalue weighted by molar-refractivity contribution is -0.147. The standard InChI is InChI=1S/C20H23NO4/c1-14(2)24-19(22)13-21-20(23)15(3)25-18-11-9-17(10-12-18)16-7-5-4-6-8-16/h4-12,14-15H,13H2,1-3H3,(H,21,23). The highest BCUT2D eigenvalue weighted by molar-refractivity contribution is 5.85. The van der Waals surface area contributed by atoms with Crippen LogP contribution in [0.3, 0.4) is 0 Å². The first kappa shape index (κ1) is 18.5. The van der Waals surface area contributed by atoms with E-state index in [0.29, 0.717) is 5.75 Å². The summed E-state index contributed by atoms with van der Waals surface area (Å²) in [7, 11) is 0. The molecule has 0 aliphatic carbocycles. The van der Waals surface area contributed by atoms with Crippen LogP contribution >= 0.6 is 0 Å². The molecular weight excluding hydrogens is 318 g/mol. The molecule has 132 valence electrons. The molecule has 0 aliphatic rings. The second kappa shape index (κ2) is 8.87. The number of benzene rings is 2. The zero-order chi connectivity index (χ0) is 18.2. The van der Waals surface area contributed by atoms with Crippen molar-refractivity contribution in [3.05, 3.63) is 54.6 Å². The quantitative estimate of drug-likeness (QED) is 0.786. The average Bonchev–Trinajstić information content (AvgIpc) is 2.60. The van der Waals surface area contributed by atoms with E-state index < -0.39 is 12.1 Å². The van der Waals surface area contributed by atoms with Crippen LogP contribution in [0, 0.1) is 0 Å². The topological polar surface area (TPSA) is 64.6 Å². The molecule has 1 atom stereocenters. The second-order valence-corrected chi connectivity index (χ2v) is 5.91. The molecule has 1 amide bonds. The van der Waals surface area contributed by atoms with Gasteiger partial charge in [-0.25, -0.2) is 0 Å². The minimum atomic E-state index is -0.713. The van der Waals surface area contributed by atoms with Crippen LogP contribution in [0.2, 0.25) is 0 Å². The SMILES string of the molecule is CC(C)OC(=O)CNC(=O)C(C)Oc1ccc(-c2ccccc2)cc1. The number of ether oxygens (including phenoxy) is 2. The third kappa shape index (κ3) is 5.95. The fraction of sp³-hybridized carbons (Fsp3) is 0.300. The summed E-state index contributed by atoms with van der Waals surface area (Å²) in [4.78, 5) is 23.4. The van der Waals surface area contributed by atoms with Crippen molar-refractivity contribution in [3.63, 3.8) is 0 Å². The molecule has 0 fully saturated rings. The Kier molecular flexibility index (Phi) is 6.57. The Morgan fingerprint density at radius 2 is 1.52 bits per heavy atom. The van der Waals surface area contributed by atoms with Crippen LogP contribution in [0.25, 0.3) is 11.1 Å². The number of hydrogen-bond donors (Lipinski definition) is 1. The lowest BCUT2D eigenvalue weighted by Gasteiger charge is -2.15. The third-order valence-corrected chi connectivity index (χ3v) is 3.42. The molecule has 0 spiro atoms. The van der Waals surface area contributed by atoms with Crippen molar-refractivity contribution < 1.29 is 19.1 Å². The number of carbonyl (C=O) groups is 2. The van der Waals surface area contributed by atoms with Crippen LogP contribution in [0.1, 0.15) is 20.8 Å². The summed E-state index contributed by atoms with van der Waals surface area (Å²) < 4.78 is 10.6. The van der Waals surface area contributed by atoms with Gasteiger partial charge in [-0.15, -0.1) is 0 Å². The molecule has 5 heteroatoms. The number of rotatable bonds is 7. The first-order valence-electron chi connectivity index (χ1n) is 8.25. The third-order valence-electron chi connectivity index (χ3n) is 3.42. The van der Waals surface area contributed by atoms with Crippen molar-refractivity contribution in [1.29, 1.82) is 0 Å². The van der Waals surface area contributed by atoms with Gasteiger partial charge in [0, 0.05) is 0 Å². The molecule has 0 heterocycles. The predicted octanol–water partition coefficient (Wildman–Crippen LogP) is 3.19. The van der Waals surface area contributed by atoms with E-state index in [9.17, 15) is 9.59 Å². The summed E-state index contributed by atoms with van der Waals surface area (Å²) in [5.41, 5.74) is 2.19. The minimum absolute atomic E-state index is 0.169. The minimum Gasteiger partial charge on any atom is -0.481 e. The van der Waals surface area contributed by atoms with Crippen LogP contribution in [0.15, 0.2) is 54.6 Å². The van der Waals surface area contributed by atoms with Crippen LogP contribution in [0.4, 0.5) is 0 Å². The van der Waals surface area contributed by atoms with E-state index in [2.05, 4.69) is 5.32 Å². The molecule has 2 aromatic rings. The maximum Gasteiger partial charge on any atom is 0.325 e. The normalized spacial score (nSPS) is 11.7. The van der Waals surface area contributed by atoms with Crippen LogP contribution < -0.4 is 10.1 Å². The van der Waals surface area contributed by atoms with Gasteiger partial charge in [-0.3, -0.25) is 9.59 Å². The van der Waals surface area contributed by atoms with Crippen LogP contribution in [-0.2, 0) is 14.3 Å². The monoisotopic (exact) mass is 341 g/mol. The zero-order valence-corrected chi connectivity index (χ0v) is 14.7. The maximum absolute atomic E-state index is 12.0. The van der Waals surface area contributed by atoms with Gasteiger partial charge >= 0.3 is 5.97 Å². The van der Waals surface area contributed by atoms with Crippen LogP contribution in [0.5, 0.6) is 5.75 Å². The number of hydrogen-bond acceptors (Lipinski definition) is 4. The smallest absolute Gasteiger partial charge is 0.325 e. The zero-order valence-electron chi connectivity index (χ0n) is 14.7. The van der Waals surface area contributed by atoms with Gasteiger partial charge in [0.15, 0.2) is 6.10 Å². The van der Waals surface area contributed by atoms with Crippen molar-refractivity contribution in [2.45, 2.75) is 33.0 Å². The molecule has 0 radical (unpaired) electrons. The molecular formula is C20H23NO4. The van der Waals surface area contributed by atoms with E-state index in [1.807, 2.05) is 54.6 Å². The highest BCUT2D eigenvalue weighted by Gasteiger charge is 2.16. The Bertz CT molecular complexity index is 695. The Labute approximate surface area is 148 Å². The lowest BCUT2D eigenvalue weighted by atomic mass is 10.1. The predicted molar refractivity (Wildman–Crippen MR) is 96.2 cm³/mol.